The molecule has 0 aromatic rings. The van der Waals surface area contributed by atoms with Gasteiger partial charge in [0, 0.05) is 25.7 Å². The number of unbranched alkanes of at least 4 members (excludes halogenated alkanes) is 50. The summed E-state index contributed by atoms with van der Waals surface area (Å²) in [5.41, 5.74) is 0. The lowest BCUT2D eigenvalue weighted by Crippen LogP contribution is -2.30. The molecule has 19 heteroatoms. The van der Waals surface area contributed by atoms with Gasteiger partial charge in [-0.2, -0.15) is 0 Å². The minimum Gasteiger partial charge on any atom is -0.462 e. The maximum Gasteiger partial charge on any atom is 0.472 e. The van der Waals surface area contributed by atoms with Crippen LogP contribution in [0.3, 0.4) is 0 Å². The van der Waals surface area contributed by atoms with E-state index in [4.69, 9.17) is 37.0 Å². The fourth-order valence-electron chi connectivity index (χ4n) is 13.0. The minimum absolute atomic E-state index is 0.106. The first-order valence-electron chi connectivity index (χ1n) is 43.3. The molecule has 0 rings (SSSR count). The quantitative estimate of drug-likeness (QED) is 0.0222. The smallest absolute Gasteiger partial charge is 0.462 e. The van der Waals surface area contributed by atoms with Crippen molar-refractivity contribution in [2.24, 2.45) is 17.8 Å². The molecule has 612 valence electrons. The number of carbonyl (C=O) groups is 4. The molecule has 103 heavy (non-hydrogen) atoms. The first-order chi connectivity index (χ1) is 49.7. The van der Waals surface area contributed by atoms with E-state index in [2.05, 4.69) is 48.5 Å². The van der Waals surface area contributed by atoms with Gasteiger partial charge in [0.15, 0.2) is 12.2 Å². The molecule has 0 aliphatic heterocycles. The van der Waals surface area contributed by atoms with E-state index < -0.39 is 97.5 Å². The zero-order valence-electron chi connectivity index (χ0n) is 67.8. The number of phosphoric ester groups is 2. The molecular formula is C84H164O17P2. The molecule has 0 aliphatic rings. The molecular weight excluding hydrogens is 1340 g/mol. The van der Waals surface area contributed by atoms with Crippen LogP contribution in [0.1, 0.15) is 440 Å². The fraction of sp³-hybridized carbons (Fsp3) is 0.952. The van der Waals surface area contributed by atoms with Crippen LogP contribution >= 0.6 is 15.6 Å². The molecule has 0 bridgehead atoms. The zero-order valence-corrected chi connectivity index (χ0v) is 69.6. The summed E-state index contributed by atoms with van der Waals surface area (Å²) < 4.78 is 68.8. The van der Waals surface area contributed by atoms with Crippen LogP contribution in [0.25, 0.3) is 0 Å². The van der Waals surface area contributed by atoms with Crippen molar-refractivity contribution in [1.82, 2.24) is 0 Å². The highest BCUT2D eigenvalue weighted by molar-refractivity contribution is 7.47. The number of ether oxygens (including phenoxy) is 4. The Balaban J connectivity index is 5.21. The molecule has 0 radical (unpaired) electrons. The molecule has 2 unspecified atom stereocenters. The molecule has 0 amide bonds. The van der Waals surface area contributed by atoms with E-state index in [1.807, 2.05) is 0 Å². The van der Waals surface area contributed by atoms with Gasteiger partial charge < -0.3 is 33.8 Å². The maximum absolute atomic E-state index is 13.1. The second kappa shape index (κ2) is 74.2. The van der Waals surface area contributed by atoms with E-state index in [1.54, 1.807) is 0 Å². The number of hydrogen-bond donors (Lipinski definition) is 3. The van der Waals surface area contributed by atoms with Gasteiger partial charge in [0.2, 0.25) is 0 Å². The maximum atomic E-state index is 13.1. The van der Waals surface area contributed by atoms with Gasteiger partial charge in [-0.1, -0.05) is 389 Å². The molecule has 0 aromatic carbocycles. The highest BCUT2D eigenvalue weighted by Gasteiger charge is 2.30. The van der Waals surface area contributed by atoms with Crippen LogP contribution in [0.15, 0.2) is 0 Å². The molecule has 0 heterocycles. The summed E-state index contributed by atoms with van der Waals surface area (Å²) >= 11 is 0. The van der Waals surface area contributed by atoms with E-state index in [0.29, 0.717) is 31.6 Å². The Morgan fingerprint density at radius 3 is 0.660 bits per heavy atom. The monoisotopic (exact) mass is 1510 g/mol. The van der Waals surface area contributed by atoms with Gasteiger partial charge in [0.05, 0.1) is 26.4 Å². The molecule has 0 saturated carbocycles. The first kappa shape index (κ1) is 101. The Kier molecular flexibility index (Phi) is 72.8. The number of rotatable bonds is 82. The Bertz CT molecular complexity index is 1990. The molecule has 17 nitrogen and oxygen atoms in total. The number of phosphoric acid groups is 2. The van der Waals surface area contributed by atoms with Crippen LogP contribution in [-0.4, -0.2) is 96.7 Å². The predicted molar refractivity (Wildman–Crippen MR) is 423 cm³/mol. The second-order valence-corrected chi connectivity index (χ2v) is 34.6. The first-order valence-corrected chi connectivity index (χ1v) is 46.3. The van der Waals surface area contributed by atoms with E-state index in [0.717, 1.165) is 108 Å². The van der Waals surface area contributed by atoms with Crippen molar-refractivity contribution in [2.75, 3.05) is 39.6 Å². The van der Waals surface area contributed by atoms with Crippen LogP contribution in [-0.2, 0) is 65.4 Å². The van der Waals surface area contributed by atoms with Crippen molar-refractivity contribution in [1.29, 1.82) is 0 Å². The third-order valence-electron chi connectivity index (χ3n) is 19.6. The topological polar surface area (TPSA) is 237 Å². The van der Waals surface area contributed by atoms with Crippen molar-refractivity contribution in [3.8, 4) is 0 Å². The number of hydrogen-bond acceptors (Lipinski definition) is 15. The lowest BCUT2D eigenvalue weighted by Gasteiger charge is -2.21. The van der Waals surface area contributed by atoms with E-state index in [1.165, 1.54) is 244 Å². The molecule has 3 N–H and O–H groups in total. The molecule has 0 fully saturated rings. The fourth-order valence-corrected chi connectivity index (χ4v) is 14.6. The highest BCUT2D eigenvalue weighted by Crippen LogP contribution is 2.45. The summed E-state index contributed by atoms with van der Waals surface area (Å²) in [7, 11) is -9.92. The summed E-state index contributed by atoms with van der Waals surface area (Å²) in [6.07, 6.45) is 64.1. The van der Waals surface area contributed by atoms with Crippen molar-refractivity contribution in [2.45, 2.75) is 458 Å². The van der Waals surface area contributed by atoms with Crippen LogP contribution < -0.4 is 0 Å². The number of aliphatic hydroxyl groups excluding tert-OH is 1. The summed E-state index contributed by atoms with van der Waals surface area (Å²) in [6.45, 7) is 11.9. The largest absolute Gasteiger partial charge is 0.472 e. The third-order valence-corrected chi connectivity index (χ3v) is 21.5. The van der Waals surface area contributed by atoms with Gasteiger partial charge >= 0.3 is 39.5 Å². The van der Waals surface area contributed by atoms with Crippen molar-refractivity contribution in [3.63, 3.8) is 0 Å². The predicted octanol–water partition coefficient (Wildman–Crippen LogP) is 25.3. The van der Waals surface area contributed by atoms with Gasteiger partial charge in [-0.05, 0) is 43.4 Å². The second-order valence-electron chi connectivity index (χ2n) is 31.6. The Hall–Kier alpha value is -1.94. The van der Waals surface area contributed by atoms with Crippen LogP contribution in [0.2, 0.25) is 0 Å². The number of aliphatic hydroxyl groups is 1. The zero-order chi connectivity index (χ0) is 75.8. The molecule has 5 atom stereocenters. The third kappa shape index (κ3) is 78.0. The average Bonchev–Trinajstić information content (AvgIpc) is 0.914. The minimum atomic E-state index is -4.96. The van der Waals surface area contributed by atoms with E-state index in [9.17, 15) is 43.2 Å². The van der Waals surface area contributed by atoms with Crippen LogP contribution in [0.5, 0.6) is 0 Å². The van der Waals surface area contributed by atoms with Crippen molar-refractivity contribution < 1.29 is 80.2 Å². The standard InChI is InChI=1S/C84H164O17P2/c1-8-9-10-11-12-13-14-15-16-17-18-19-20-21-24-28-34-39-44-53-60-67-83(88)100-79(71-94-81(86)65-58-51-43-38-33-27-25-22-23-26-31-36-41-48-55-62-75(2)3)73-98-102(90,91)96-69-78(85)70-97-103(92,93)99-74-80(72-95-82(87)66-59-52-47-46-50-57-64-77(6)7)101-84(89)68-61-54-45-40-35-30-29-32-37-42-49-56-63-76(4)5/h75-80,85H,8-74H2,1-7H3,(H,90,91)(H,92,93)/t78-,79-,80-/m1/s1. The molecule has 0 saturated heterocycles. The average molecular weight is 1510 g/mol. The molecule has 0 aliphatic carbocycles. The van der Waals surface area contributed by atoms with Crippen LogP contribution in [0.4, 0.5) is 0 Å². The SMILES string of the molecule is CCCCCCCCCCCCCCCCCCCCCCCC(=O)O[C@H](COC(=O)CCCCCCCCCCCCCCCCCC(C)C)COP(=O)(O)OC[C@@H](O)COP(=O)(O)OC[C@@H](COC(=O)CCCCCCCCC(C)C)OC(=O)CCCCCCCCCCCCCCC(C)C. The van der Waals surface area contributed by atoms with Gasteiger partial charge in [-0.15, -0.1) is 0 Å². The van der Waals surface area contributed by atoms with E-state index >= 15 is 0 Å². The molecule has 0 spiro atoms. The summed E-state index contributed by atoms with van der Waals surface area (Å²) in [5.74, 6) is 0.152. The summed E-state index contributed by atoms with van der Waals surface area (Å²) in [6, 6.07) is 0. The van der Waals surface area contributed by atoms with Crippen LogP contribution in [0, 0.1) is 17.8 Å². The Morgan fingerprint density at radius 1 is 0.262 bits per heavy atom. The van der Waals surface area contributed by atoms with Gasteiger partial charge in [-0.25, -0.2) is 9.13 Å². The summed E-state index contributed by atoms with van der Waals surface area (Å²) in [4.78, 5) is 73.1. The van der Waals surface area contributed by atoms with Gasteiger partial charge in [0.1, 0.15) is 19.3 Å². The lowest BCUT2D eigenvalue weighted by atomic mass is 10.0. The van der Waals surface area contributed by atoms with Crippen molar-refractivity contribution >= 4 is 39.5 Å². The summed E-state index contributed by atoms with van der Waals surface area (Å²) in [5, 5.41) is 10.7. The van der Waals surface area contributed by atoms with Crippen molar-refractivity contribution in [3.05, 3.63) is 0 Å². The number of carbonyl (C=O) groups excluding carboxylic acids is 4. The Morgan fingerprint density at radius 2 is 0.447 bits per heavy atom. The van der Waals surface area contributed by atoms with Gasteiger partial charge in [-0.3, -0.25) is 37.3 Å². The highest BCUT2D eigenvalue weighted by atomic mass is 31.2. The number of esters is 4. The van der Waals surface area contributed by atoms with E-state index in [-0.39, 0.29) is 25.7 Å². The lowest BCUT2D eigenvalue weighted by molar-refractivity contribution is -0.161. The molecule has 0 aromatic heterocycles. The Labute approximate surface area is 632 Å². The van der Waals surface area contributed by atoms with Gasteiger partial charge in [0.25, 0.3) is 0 Å². The normalized spacial score (nSPS) is 13.9.